The van der Waals surface area contributed by atoms with Crippen molar-refractivity contribution in [3.05, 3.63) is 88.7 Å². The zero-order valence-corrected chi connectivity index (χ0v) is 17.5. The van der Waals surface area contributed by atoms with E-state index in [0.29, 0.717) is 28.6 Å². The minimum Gasteiger partial charge on any atom is -0.493 e. The maximum atomic E-state index is 13.2. The molecule has 0 saturated heterocycles. The van der Waals surface area contributed by atoms with Crippen molar-refractivity contribution in [2.24, 2.45) is 0 Å². The lowest BCUT2D eigenvalue weighted by Gasteiger charge is -2.17. The van der Waals surface area contributed by atoms with E-state index in [1.54, 1.807) is 36.3 Å². The van der Waals surface area contributed by atoms with Crippen molar-refractivity contribution in [3.8, 4) is 22.9 Å². The lowest BCUT2D eigenvalue weighted by molar-refractivity contribution is 0.281. The van der Waals surface area contributed by atoms with Gasteiger partial charge in [0.05, 0.1) is 13.7 Å². The predicted octanol–water partition coefficient (Wildman–Crippen LogP) is 4.47. The van der Waals surface area contributed by atoms with E-state index in [2.05, 4.69) is 20.6 Å². The summed E-state index contributed by atoms with van der Waals surface area (Å²) in [5.74, 6) is 1.56. The third-order valence-corrected chi connectivity index (χ3v) is 4.89. The van der Waals surface area contributed by atoms with Crippen LogP contribution in [-0.4, -0.2) is 27.0 Å². The Morgan fingerprint density at radius 3 is 2.61 bits per heavy atom. The van der Waals surface area contributed by atoms with Crippen LogP contribution in [0.5, 0.6) is 11.5 Å². The molecule has 0 unspecified atom stereocenters. The van der Waals surface area contributed by atoms with E-state index < -0.39 is 0 Å². The fourth-order valence-electron chi connectivity index (χ4n) is 3.06. The van der Waals surface area contributed by atoms with Gasteiger partial charge in [0, 0.05) is 23.5 Å². The van der Waals surface area contributed by atoms with Crippen LogP contribution in [0.15, 0.2) is 67.0 Å². The van der Waals surface area contributed by atoms with Crippen LogP contribution in [-0.2, 0) is 13.2 Å². The van der Waals surface area contributed by atoms with Gasteiger partial charge < -0.3 is 14.9 Å². The highest BCUT2D eigenvalue weighted by molar-refractivity contribution is 7.71. The molecular formula is C22H20FN5O2S. The number of para-hydroxylation sites is 1. The molecule has 0 saturated carbocycles. The summed E-state index contributed by atoms with van der Waals surface area (Å²) < 4.78 is 26.8. The topological polar surface area (TPSA) is 77.0 Å². The number of pyridine rings is 1. The summed E-state index contributed by atoms with van der Waals surface area (Å²) in [5, 5.41) is 7.11. The number of methoxy groups -OCH3 is 1. The Morgan fingerprint density at radius 1 is 1.10 bits per heavy atom. The molecule has 0 aliphatic rings. The first kappa shape index (κ1) is 20.5. The molecule has 0 spiro atoms. The maximum absolute atomic E-state index is 13.2. The summed E-state index contributed by atoms with van der Waals surface area (Å²) in [5.41, 5.74) is 5.87. The van der Waals surface area contributed by atoms with Crippen molar-refractivity contribution < 1.29 is 13.9 Å². The van der Waals surface area contributed by atoms with Gasteiger partial charge in [-0.3, -0.25) is 4.98 Å². The molecule has 2 aromatic carbocycles. The molecule has 9 heteroatoms. The number of H-pyrrole nitrogens is 1. The first-order valence-corrected chi connectivity index (χ1v) is 9.91. The fraction of sp³-hybridized carbons (Fsp3) is 0.136. The lowest BCUT2D eigenvalue weighted by Crippen LogP contribution is -2.16. The number of nitrogens with zero attached hydrogens (tertiary/aromatic N) is 3. The predicted molar refractivity (Wildman–Crippen MR) is 117 cm³/mol. The third-order valence-electron chi connectivity index (χ3n) is 4.62. The van der Waals surface area contributed by atoms with Crippen LogP contribution in [0, 0.1) is 10.6 Å². The molecule has 0 aliphatic heterocycles. The number of rotatable bonds is 8. The van der Waals surface area contributed by atoms with Crippen LogP contribution < -0.4 is 14.9 Å². The highest BCUT2D eigenvalue weighted by atomic mass is 32.1. The second-order valence-electron chi connectivity index (χ2n) is 6.62. The van der Waals surface area contributed by atoms with Crippen LogP contribution in [0.3, 0.4) is 0 Å². The number of ether oxygens (including phenoxy) is 2. The van der Waals surface area contributed by atoms with Gasteiger partial charge in [0.1, 0.15) is 12.4 Å². The zero-order valence-electron chi connectivity index (χ0n) is 16.7. The van der Waals surface area contributed by atoms with Crippen molar-refractivity contribution in [1.82, 2.24) is 19.9 Å². The Morgan fingerprint density at radius 2 is 1.87 bits per heavy atom. The fourth-order valence-corrected chi connectivity index (χ4v) is 3.26. The standard InChI is InChI=1S/C22H20FN5O2S/c1-29-19-4-2-3-17(20(19)30-14-15-5-7-18(23)8-6-15)13-25-28-21(26-27-22(28)31)16-9-11-24-12-10-16/h2-12,25H,13-14H2,1H3,(H,27,31). The number of hydrogen-bond acceptors (Lipinski definition) is 6. The Balaban J connectivity index is 1.56. The van der Waals surface area contributed by atoms with Crippen molar-refractivity contribution in [2.45, 2.75) is 13.2 Å². The molecule has 2 N–H and O–H groups in total. The number of nitrogens with one attached hydrogen (secondary N) is 2. The van der Waals surface area contributed by atoms with Gasteiger partial charge in [-0.05, 0) is 48.1 Å². The minimum absolute atomic E-state index is 0.279. The molecular weight excluding hydrogens is 417 g/mol. The Hall–Kier alpha value is -3.72. The average Bonchev–Trinajstić information content (AvgIpc) is 3.18. The van der Waals surface area contributed by atoms with Crippen LogP contribution in [0.25, 0.3) is 11.4 Å². The van der Waals surface area contributed by atoms with Crippen molar-refractivity contribution in [1.29, 1.82) is 0 Å². The molecule has 7 nitrogen and oxygen atoms in total. The van der Waals surface area contributed by atoms with E-state index in [0.717, 1.165) is 16.7 Å². The summed E-state index contributed by atoms with van der Waals surface area (Å²) in [6, 6.07) is 15.6. The third kappa shape index (κ3) is 4.72. The second-order valence-corrected chi connectivity index (χ2v) is 7.01. The second kappa shape index (κ2) is 9.40. The average molecular weight is 438 g/mol. The molecule has 0 aliphatic carbocycles. The van der Waals surface area contributed by atoms with Crippen LogP contribution in [0.4, 0.5) is 4.39 Å². The Labute approximate surface area is 183 Å². The molecule has 0 atom stereocenters. The van der Waals surface area contributed by atoms with Gasteiger partial charge in [-0.15, -0.1) is 0 Å². The van der Waals surface area contributed by atoms with Gasteiger partial charge in [0.15, 0.2) is 17.3 Å². The maximum Gasteiger partial charge on any atom is 0.214 e. The Bertz CT molecular complexity index is 1210. The molecule has 31 heavy (non-hydrogen) atoms. The zero-order chi connectivity index (χ0) is 21.6. The molecule has 2 aromatic heterocycles. The van der Waals surface area contributed by atoms with Gasteiger partial charge in [0.2, 0.25) is 4.77 Å². The smallest absolute Gasteiger partial charge is 0.214 e. The molecule has 2 heterocycles. The minimum atomic E-state index is -0.284. The first-order chi connectivity index (χ1) is 15.2. The quantitative estimate of drug-likeness (QED) is 0.396. The van der Waals surface area contributed by atoms with Crippen molar-refractivity contribution in [3.63, 3.8) is 0 Å². The summed E-state index contributed by atoms with van der Waals surface area (Å²) >= 11 is 5.38. The largest absolute Gasteiger partial charge is 0.493 e. The van der Waals surface area contributed by atoms with E-state index >= 15 is 0 Å². The normalized spacial score (nSPS) is 10.6. The van der Waals surface area contributed by atoms with E-state index in [-0.39, 0.29) is 12.4 Å². The van der Waals surface area contributed by atoms with E-state index in [1.165, 1.54) is 12.1 Å². The Kier molecular flexibility index (Phi) is 6.23. The van der Waals surface area contributed by atoms with Crippen LogP contribution in [0.1, 0.15) is 11.1 Å². The van der Waals surface area contributed by atoms with Gasteiger partial charge >= 0.3 is 0 Å². The lowest BCUT2D eigenvalue weighted by atomic mass is 10.2. The van der Waals surface area contributed by atoms with E-state index in [4.69, 9.17) is 21.7 Å². The van der Waals surface area contributed by atoms with E-state index in [9.17, 15) is 4.39 Å². The molecule has 0 fully saturated rings. The highest BCUT2D eigenvalue weighted by Crippen LogP contribution is 2.32. The number of hydrogen-bond donors (Lipinski definition) is 2. The monoisotopic (exact) mass is 437 g/mol. The summed E-state index contributed by atoms with van der Waals surface area (Å²) in [7, 11) is 1.59. The number of benzene rings is 2. The van der Waals surface area contributed by atoms with Crippen LogP contribution >= 0.6 is 12.2 Å². The summed E-state index contributed by atoms with van der Waals surface area (Å²) in [6.07, 6.45) is 3.39. The van der Waals surface area contributed by atoms with Gasteiger partial charge in [-0.25, -0.2) is 14.2 Å². The van der Waals surface area contributed by atoms with Crippen molar-refractivity contribution in [2.75, 3.05) is 12.5 Å². The molecule has 4 aromatic rings. The number of aromatic amines is 1. The molecule has 4 rings (SSSR count). The van der Waals surface area contributed by atoms with Gasteiger partial charge in [-0.2, -0.15) is 5.10 Å². The van der Waals surface area contributed by atoms with E-state index in [1.807, 2.05) is 30.3 Å². The molecule has 0 amide bonds. The summed E-state index contributed by atoms with van der Waals surface area (Å²) in [6.45, 7) is 0.683. The number of halogens is 1. The SMILES string of the molecule is COc1cccc(CNn2c(-c3ccncc3)n[nH]c2=S)c1OCc1ccc(F)cc1. The first-order valence-electron chi connectivity index (χ1n) is 9.50. The summed E-state index contributed by atoms with van der Waals surface area (Å²) in [4.78, 5) is 4.04. The van der Waals surface area contributed by atoms with Gasteiger partial charge in [0.25, 0.3) is 0 Å². The van der Waals surface area contributed by atoms with Crippen molar-refractivity contribution >= 4 is 12.2 Å². The highest BCUT2D eigenvalue weighted by Gasteiger charge is 2.13. The molecule has 158 valence electrons. The molecule has 0 radical (unpaired) electrons. The molecule has 0 bridgehead atoms. The number of aromatic nitrogens is 4. The van der Waals surface area contributed by atoms with Gasteiger partial charge in [-0.1, -0.05) is 24.3 Å². The van der Waals surface area contributed by atoms with Crippen LogP contribution in [0.2, 0.25) is 0 Å².